The van der Waals surface area contributed by atoms with Gasteiger partial charge in [0.25, 0.3) is 5.91 Å². The van der Waals surface area contributed by atoms with Gasteiger partial charge in [-0.3, -0.25) is 9.59 Å². The SMILES string of the molecule is C[C@H](OC(=O)C1CCN(S(=O)(=O)c2ccc(F)cc2)CC1)C(=O)N(C)Cc1cccc(F)c1. The van der Waals surface area contributed by atoms with Crippen molar-refractivity contribution < 1.29 is 31.5 Å². The van der Waals surface area contributed by atoms with E-state index in [1.54, 1.807) is 12.1 Å². The van der Waals surface area contributed by atoms with Crippen molar-refractivity contribution >= 4 is 21.9 Å². The summed E-state index contributed by atoms with van der Waals surface area (Å²) in [5.74, 6) is -2.45. The highest BCUT2D eigenvalue weighted by atomic mass is 32.2. The summed E-state index contributed by atoms with van der Waals surface area (Å²) >= 11 is 0. The van der Waals surface area contributed by atoms with Crippen molar-refractivity contribution in [3.8, 4) is 0 Å². The fourth-order valence-electron chi connectivity index (χ4n) is 3.71. The lowest BCUT2D eigenvalue weighted by Gasteiger charge is -2.31. The van der Waals surface area contributed by atoms with Gasteiger partial charge in [-0.2, -0.15) is 4.31 Å². The summed E-state index contributed by atoms with van der Waals surface area (Å²) < 4.78 is 58.4. The highest BCUT2D eigenvalue weighted by molar-refractivity contribution is 7.89. The first-order chi connectivity index (χ1) is 15.6. The third-order valence-electron chi connectivity index (χ3n) is 5.56. The molecule has 1 heterocycles. The van der Waals surface area contributed by atoms with Crippen molar-refractivity contribution in [2.45, 2.75) is 37.3 Å². The van der Waals surface area contributed by atoms with Crippen LogP contribution < -0.4 is 0 Å². The molecule has 1 fully saturated rings. The summed E-state index contributed by atoms with van der Waals surface area (Å²) in [5, 5.41) is 0. The van der Waals surface area contributed by atoms with Crippen molar-refractivity contribution in [2.24, 2.45) is 5.92 Å². The van der Waals surface area contributed by atoms with E-state index in [9.17, 15) is 26.8 Å². The van der Waals surface area contributed by atoms with Crippen LogP contribution in [0, 0.1) is 17.6 Å². The molecule has 1 aliphatic heterocycles. The van der Waals surface area contributed by atoms with Gasteiger partial charge in [0.05, 0.1) is 10.8 Å². The number of hydrogen-bond donors (Lipinski definition) is 0. The van der Waals surface area contributed by atoms with Crippen LogP contribution in [0.2, 0.25) is 0 Å². The minimum Gasteiger partial charge on any atom is -0.452 e. The van der Waals surface area contributed by atoms with Crippen molar-refractivity contribution in [3.05, 3.63) is 65.7 Å². The second kappa shape index (κ2) is 10.4. The fourth-order valence-corrected chi connectivity index (χ4v) is 5.18. The molecule has 0 N–H and O–H groups in total. The average molecular weight is 481 g/mol. The van der Waals surface area contributed by atoms with Gasteiger partial charge in [-0.05, 0) is 61.7 Å². The maximum atomic E-state index is 13.3. The number of likely N-dealkylation sites (N-methyl/N-ethyl adjacent to an activating group) is 1. The lowest BCUT2D eigenvalue weighted by Crippen LogP contribution is -2.42. The summed E-state index contributed by atoms with van der Waals surface area (Å²) in [4.78, 5) is 26.4. The van der Waals surface area contributed by atoms with Crippen LogP contribution in [0.1, 0.15) is 25.3 Å². The Kier molecular flexibility index (Phi) is 7.80. The Bertz CT molecular complexity index is 1100. The van der Waals surface area contributed by atoms with Crippen LogP contribution >= 0.6 is 0 Å². The maximum Gasteiger partial charge on any atom is 0.309 e. The smallest absolute Gasteiger partial charge is 0.309 e. The first kappa shape index (κ1) is 24.8. The second-order valence-electron chi connectivity index (χ2n) is 8.04. The first-order valence-corrected chi connectivity index (χ1v) is 12.0. The standard InChI is InChI=1S/C23H26F2N2O5S/c1-16(22(28)26(2)15-17-4-3-5-20(25)14-17)32-23(29)18-10-12-27(13-11-18)33(30,31)21-8-6-19(24)7-9-21/h3-9,14,16,18H,10-13,15H2,1-2H3/t16-/m0/s1. The number of sulfonamides is 1. The predicted octanol–water partition coefficient (Wildman–Crippen LogP) is 2.96. The molecule has 7 nitrogen and oxygen atoms in total. The number of piperidine rings is 1. The Balaban J connectivity index is 1.52. The zero-order valence-electron chi connectivity index (χ0n) is 18.4. The van der Waals surface area contributed by atoms with Crippen LogP contribution in [-0.2, 0) is 30.9 Å². The normalized spacial score (nSPS) is 16.2. The van der Waals surface area contributed by atoms with Crippen molar-refractivity contribution in [2.75, 3.05) is 20.1 Å². The molecule has 0 saturated carbocycles. The Morgan fingerprint density at radius 3 is 2.33 bits per heavy atom. The Hall–Kier alpha value is -2.85. The summed E-state index contributed by atoms with van der Waals surface area (Å²) in [6, 6.07) is 10.5. The molecule has 2 aromatic carbocycles. The number of halogens is 2. The molecule has 1 amide bonds. The van der Waals surface area contributed by atoms with Gasteiger partial charge in [0, 0.05) is 26.7 Å². The van der Waals surface area contributed by atoms with Crippen LogP contribution in [0.4, 0.5) is 8.78 Å². The number of benzene rings is 2. The molecule has 0 aliphatic carbocycles. The highest BCUT2D eigenvalue weighted by Crippen LogP contribution is 2.25. The van der Waals surface area contributed by atoms with Gasteiger partial charge < -0.3 is 9.64 Å². The van der Waals surface area contributed by atoms with Gasteiger partial charge >= 0.3 is 5.97 Å². The summed E-state index contributed by atoms with van der Waals surface area (Å²) in [6.45, 7) is 1.86. The van der Waals surface area contributed by atoms with Crippen molar-refractivity contribution in [1.82, 2.24) is 9.21 Å². The van der Waals surface area contributed by atoms with E-state index < -0.39 is 45.6 Å². The van der Waals surface area contributed by atoms with Crippen LogP contribution in [0.3, 0.4) is 0 Å². The maximum absolute atomic E-state index is 13.3. The minimum absolute atomic E-state index is 0.00881. The fraction of sp³-hybridized carbons (Fsp3) is 0.391. The number of nitrogens with zero attached hydrogens (tertiary/aromatic N) is 2. The Labute approximate surface area is 192 Å². The van der Waals surface area contributed by atoms with Crippen LogP contribution in [0.25, 0.3) is 0 Å². The van der Waals surface area contributed by atoms with E-state index in [0.717, 1.165) is 12.1 Å². The molecule has 10 heteroatoms. The van der Waals surface area contributed by atoms with E-state index >= 15 is 0 Å². The van der Waals surface area contributed by atoms with Crippen molar-refractivity contribution in [1.29, 1.82) is 0 Å². The third-order valence-corrected chi connectivity index (χ3v) is 7.48. The zero-order valence-corrected chi connectivity index (χ0v) is 19.2. The summed E-state index contributed by atoms with van der Waals surface area (Å²) in [6.07, 6.45) is -0.532. The minimum atomic E-state index is -3.78. The molecule has 1 saturated heterocycles. The molecule has 0 radical (unpaired) electrons. The van der Waals surface area contributed by atoms with Crippen LogP contribution in [0.15, 0.2) is 53.4 Å². The molecule has 178 valence electrons. The number of esters is 1. The number of hydrogen-bond acceptors (Lipinski definition) is 5. The molecule has 3 rings (SSSR count). The van der Waals surface area contributed by atoms with E-state index in [-0.39, 0.29) is 37.4 Å². The lowest BCUT2D eigenvalue weighted by atomic mass is 9.98. The molecule has 0 spiro atoms. The van der Waals surface area contributed by atoms with Gasteiger partial charge in [0.1, 0.15) is 11.6 Å². The summed E-state index contributed by atoms with van der Waals surface area (Å²) in [7, 11) is -2.24. The quantitative estimate of drug-likeness (QED) is 0.569. The number of carbonyl (C=O) groups excluding carboxylic acids is 2. The first-order valence-electron chi connectivity index (χ1n) is 10.5. The van der Waals surface area contributed by atoms with Crippen LogP contribution in [0.5, 0.6) is 0 Å². The lowest BCUT2D eigenvalue weighted by molar-refractivity contribution is -0.163. The number of ether oxygens (including phenoxy) is 1. The monoisotopic (exact) mass is 480 g/mol. The number of carbonyl (C=O) groups is 2. The van der Waals surface area contributed by atoms with E-state index in [4.69, 9.17) is 4.74 Å². The number of rotatable bonds is 7. The van der Waals surface area contributed by atoms with Crippen LogP contribution in [-0.4, -0.2) is 55.7 Å². The Morgan fingerprint density at radius 2 is 1.73 bits per heavy atom. The molecular weight excluding hydrogens is 454 g/mol. The molecule has 0 aromatic heterocycles. The van der Waals surface area contributed by atoms with Gasteiger partial charge in [-0.15, -0.1) is 0 Å². The van der Waals surface area contributed by atoms with Gasteiger partial charge in [-0.1, -0.05) is 12.1 Å². The van der Waals surface area contributed by atoms with E-state index in [1.165, 1.54) is 47.4 Å². The summed E-state index contributed by atoms with van der Waals surface area (Å²) in [5.41, 5.74) is 0.610. The molecule has 2 aromatic rings. The largest absolute Gasteiger partial charge is 0.452 e. The van der Waals surface area contributed by atoms with Gasteiger partial charge in [-0.25, -0.2) is 17.2 Å². The van der Waals surface area contributed by atoms with E-state index in [2.05, 4.69) is 0 Å². The third kappa shape index (κ3) is 6.14. The van der Waals surface area contributed by atoms with Gasteiger partial charge in [0.2, 0.25) is 10.0 Å². The van der Waals surface area contributed by atoms with Crippen molar-refractivity contribution in [3.63, 3.8) is 0 Å². The average Bonchev–Trinajstić information content (AvgIpc) is 2.78. The topological polar surface area (TPSA) is 84.0 Å². The molecular formula is C23H26F2N2O5S. The predicted molar refractivity (Wildman–Crippen MR) is 116 cm³/mol. The molecule has 33 heavy (non-hydrogen) atoms. The second-order valence-corrected chi connectivity index (χ2v) is 9.97. The molecule has 0 bridgehead atoms. The molecule has 0 unspecified atom stereocenters. The Morgan fingerprint density at radius 1 is 1.09 bits per heavy atom. The number of amides is 1. The van der Waals surface area contributed by atoms with E-state index in [1.807, 2.05) is 0 Å². The highest BCUT2D eigenvalue weighted by Gasteiger charge is 2.34. The molecule has 1 atom stereocenters. The van der Waals surface area contributed by atoms with E-state index in [0.29, 0.717) is 5.56 Å². The van der Waals surface area contributed by atoms with Gasteiger partial charge in [0.15, 0.2) is 6.10 Å². The zero-order chi connectivity index (χ0) is 24.2. The molecule has 1 aliphatic rings.